The minimum absolute atomic E-state index is 0.0279. The molecule has 1 aliphatic heterocycles. The lowest BCUT2D eigenvalue weighted by molar-refractivity contribution is -0.117. The molecule has 1 aromatic carbocycles. The largest absolute Gasteiger partial charge is 0.356 e. The van der Waals surface area contributed by atoms with E-state index in [0.717, 1.165) is 31.3 Å². The molecule has 0 radical (unpaired) electrons. The third-order valence-corrected chi connectivity index (χ3v) is 6.35. The Kier molecular flexibility index (Phi) is 5.99. The molecular formula is C23H30FN5O. The molecule has 0 unspecified atom stereocenters. The highest BCUT2D eigenvalue weighted by molar-refractivity contribution is 6.10. The Morgan fingerprint density at radius 1 is 1.17 bits per heavy atom. The summed E-state index contributed by atoms with van der Waals surface area (Å²) in [7, 11) is 0. The van der Waals surface area contributed by atoms with E-state index in [0.29, 0.717) is 34.5 Å². The van der Waals surface area contributed by atoms with Gasteiger partial charge in [0, 0.05) is 43.0 Å². The van der Waals surface area contributed by atoms with Gasteiger partial charge in [-0.1, -0.05) is 12.8 Å². The van der Waals surface area contributed by atoms with E-state index < -0.39 is 0 Å². The molecular weight excluding hydrogens is 381 g/mol. The van der Waals surface area contributed by atoms with Crippen LogP contribution in [0.5, 0.6) is 0 Å². The summed E-state index contributed by atoms with van der Waals surface area (Å²) in [5, 5.41) is 15.5. The quantitative estimate of drug-likeness (QED) is 0.530. The van der Waals surface area contributed by atoms with Crippen LogP contribution >= 0.6 is 0 Å². The fourth-order valence-electron chi connectivity index (χ4n) is 4.70. The van der Waals surface area contributed by atoms with E-state index in [1.165, 1.54) is 38.7 Å². The summed E-state index contributed by atoms with van der Waals surface area (Å²) in [6.07, 6.45) is 7.20. The first-order valence-corrected chi connectivity index (χ1v) is 10.9. The van der Waals surface area contributed by atoms with Crippen LogP contribution in [-0.4, -0.2) is 41.9 Å². The van der Waals surface area contributed by atoms with Crippen LogP contribution in [0.15, 0.2) is 18.2 Å². The Bertz CT molecular complexity index is 962. The number of piperidine rings is 1. The summed E-state index contributed by atoms with van der Waals surface area (Å²) in [5.41, 5.74) is 1.69. The van der Waals surface area contributed by atoms with Crippen LogP contribution in [0, 0.1) is 18.2 Å². The van der Waals surface area contributed by atoms with Crippen LogP contribution in [0.1, 0.15) is 56.6 Å². The van der Waals surface area contributed by atoms with Crippen LogP contribution in [0.2, 0.25) is 0 Å². The summed E-state index contributed by atoms with van der Waals surface area (Å²) < 4.78 is 14.1. The van der Waals surface area contributed by atoms with Crippen molar-refractivity contribution in [1.82, 2.24) is 15.6 Å². The van der Waals surface area contributed by atoms with Gasteiger partial charge >= 0.3 is 0 Å². The SMILES string of the molecule is CC(=O)NC(=N)c1cc2ccc(F)c(C)c2nc1N1CCC(NC2CCCC2)CC1. The molecule has 2 aliphatic rings. The van der Waals surface area contributed by atoms with E-state index in [1.807, 2.05) is 6.07 Å². The highest BCUT2D eigenvalue weighted by Crippen LogP contribution is 2.29. The zero-order valence-corrected chi connectivity index (χ0v) is 17.7. The van der Waals surface area contributed by atoms with Gasteiger partial charge in [0.1, 0.15) is 17.5 Å². The third-order valence-electron chi connectivity index (χ3n) is 6.35. The fourth-order valence-corrected chi connectivity index (χ4v) is 4.70. The standard InChI is InChI=1S/C23H30FN5O/c1-14-20(24)8-7-16-13-19(22(25)26-15(2)30)23(28-21(14)16)29-11-9-18(10-12-29)27-17-5-3-4-6-17/h7-8,13,17-18,27H,3-6,9-12H2,1-2H3,(H2,25,26,30). The zero-order chi connectivity index (χ0) is 21.3. The first kappa shape index (κ1) is 20.7. The predicted octanol–water partition coefficient (Wildman–Crippen LogP) is 3.64. The lowest BCUT2D eigenvalue weighted by Crippen LogP contribution is -2.46. The van der Waals surface area contributed by atoms with Gasteiger partial charge in [-0.15, -0.1) is 0 Å². The summed E-state index contributed by atoms with van der Waals surface area (Å²) in [5.74, 6) is 0.0975. The van der Waals surface area contributed by atoms with E-state index in [2.05, 4.69) is 15.5 Å². The zero-order valence-electron chi connectivity index (χ0n) is 17.7. The van der Waals surface area contributed by atoms with Gasteiger partial charge in [0.25, 0.3) is 0 Å². The molecule has 6 nitrogen and oxygen atoms in total. The molecule has 30 heavy (non-hydrogen) atoms. The number of aryl methyl sites for hydroxylation is 1. The second-order valence-electron chi connectivity index (χ2n) is 8.57. The molecule has 0 bridgehead atoms. The van der Waals surface area contributed by atoms with Crippen LogP contribution in [-0.2, 0) is 4.79 Å². The van der Waals surface area contributed by atoms with Gasteiger partial charge in [-0.25, -0.2) is 9.37 Å². The summed E-state index contributed by atoms with van der Waals surface area (Å²) in [6.45, 7) is 4.75. The number of carbonyl (C=O) groups is 1. The van der Waals surface area contributed by atoms with Gasteiger partial charge in [-0.3, -0.25) is 10.2 Å². The van der Waals surface area contributed by atoms with Crippen molar-refractivity contribution in [2.24, 2.45) is 0 Å². The van der Waals surface area contributed by atoms with Crippen molar-refractivity contribution in [3.63, 3.8) is 0 Å². The van der Waals surface area contributed by atoms with Crippen molar-refractivity contribution in [2.45, 2.75) is 64.5 Å². The number of nitrogens with one attached hydrogen (secondary N) is 3. The molecule has 160 valence electrons. The number of anilines is 1. The minimum atomic E-state index is -0.291. The second-order valence-corrected chi connectivity index (χ2v) is 8.57. The first-order chi connectivity index (χ1) is 14.4. The molecule has 0 atom stereocenters. The maximum absolute atomic E-state index is 14.1. The van der Waals surface area contributed by atoms with Crippen LogP contribution in [0.25, 0.3) is 10.9 Å². The second kappa shape index (κ2) is 8.68. The number of hydrogen-bond acceptors (Lipinski definition) is 5. The number of benzene rings is 1. The average Bonchev–Trinajstić information content (AvgIpc) is 3.23. The normalized spacial score (nSPS) is 18.2. The Morgan fingerprint density at radius 2 is 1.83 bits per heavy atom. The van der Waals surface area contributed by atoms with Crippen molar-refractivity contribution in [3.05, 3.63) is 35.1 Å². The van der Waals surface area contributed by atoms with E-state index in [4.69, 9.17) is 10.4 Å². The monoisotopic (exact) mass is 411 g/mol. The number of halogens is 1. The van der Waals surface area contributed by atoms with Gasteiger partial charge in [0.05, 0.1) is 11.1 Å². The van der Waals surface area contributed by atoms with Crippen molar-refractivity contribution in [3.8, 4) is 0 Å². The summed E-state index contributed by atoms with van der Waals surface area (Å²) in [4.78, 5) is 18.5. The number of rotatable bonds is 4. The molecule has 1 saturated heterocycles. The Hall–Kier alpha value is -2.54. The van der Waals surface area contributed by atoms with E-state index in [-0.39, 0.29) is 17.6 Å². The first-order valence-electron chi connectivity index (χ1n) is 10.9. The van der Waals surface area contributed by atoms with Gasteiger partial charge < -0.3 is 15.5 Å². The number of aromatic nitrogens is 1. The van der Waals surface area contributed by atoms with E-state index in [1.54, 1.807) is 13.0 Å². The maximum Gasteiger partial charge on any atom is 0.222 e. The molecule has 0 spiro atoms. The van der Waals surface area contributed by atoms with Gasteiger partial charge in [0.2, 0.25) is 5.91 Å². The maximum atomic E-state index is 14.1. The smallest absolute Gasteiger partial charge is 0.222 e. The molecule has 2 aromatic rings. The Balaban J connectivity index is 1.61. The van der Waals surface area contributed by atoms with Gasteiger partial charge in [-0.05, 0) is 50.8 Å². The highest BCUT2D eigenvalue weighted by atomic mass is 19.1. The molecule has 2 heterocycles. The predicted molar refractivity (Wildman–Crippen MR) is 118 cm³/mol. The van der Waals surface area contributed by atoms with Gasteiger partial charge in [0.15, 0.2) is 0 Å². The fraction of sp³-hybridized carbons (Fsp3) is 0.522. The number of fused-ring (bicyclic) bond motifs is 1. The average molecular weight is 412 g/mol. The summed E-state index contributed by atoms with van der Waals surface area (Å²) in [6, 6.07) is 6.09. The van der Waals surface area contributed by atoms with Crippen molar-refractivity contribution < 1.29 is 9.18 Å². The number of pyridine rings is 1. The van der Waals surface area contributed by atoms with E-state index in [9.17, 15) is 9.18 Å². The molecule has 1 aliphatic carbocycles. The van der Waals surface area contributed by atoms with Crippen LogP contribution in [0.4, 0.5) is 10.2 Å². The lowest BCUT2D eigenvalue weighted by Gasteiger charge is -2.35. The highest BCUT2D eigenvalue weighted by Gasteiger charge is 2.26. The Morgan fingerprint density at radius 3 is 2.50 bits per heavy atom. The van der Waals surface area contributed by atoms with E-state index >= 15 is 0 Å². The molecule has 1 aromatic heterocycles. The molecule has 2 fully saturated rings. The number of carbonyl (C=O) groups excluding carboxylic acids is 1. The van der Waals surface area contributed by atoms with Crippen LogP contribution in [0.3, 0.4) is 0 Å². The van der Waals surface area contributed by atoms with Crippen molar-refractivity contribution >= 4 is 28.5 Å². The van der Waals surface area contributed by atoms with Crippen molar-refractivity contribution in [1.29, 1.82) is 5.41 Å². The molecule has 1 amide bonds. The number of nitrogens with zero attached hydrogens (tertiary/aromatic N) is 2. The van der Waals surface area contributed by atoms with Gasteiger partial charge in [-0.2, -0.15) is 0 Å². The van der Waals surface area contributed by atoms with Crippen LogP contribution < -0.4 is 15.5 Å². The number of hydrogen-bond donors (Lipinski definition) is 3. The molecule has 4 rings (SSSR count). The Labute approximate surface area is 176 Å². The minimum Gasteiger partial charge on any atom is -0.356 e. The molecule has 7 heteroatoms. The topological polar surface area (TPSA) is 81.1 Å². The third kappa shape index (κ3) is 4.31. The summed E-state index contributed by atoms with van der Waals surface area (Å²) >= 11 is 0. The number of amidine groups is 1. The van der Waals surface area contributed by atoms with Crippen molar-refractivity contribution in [2.75, 3.05) is 18.0 Å². The molecule has 1 saturated carbocycles. The lowest BCUT2D eigenvalue weighted by atomic mass is 10.0. The number of amides is 1. The molecule has 3 N–H and O–H groups in total.